The van der Waals surface area contributed by atoms with Crippen LogP contribution in [0.15, 0.2) is 18.3 Å². The van der Waals surface area contributed by atoms with Crippen LogP contribution in [0.2, 0.25) is 0 Å². The Bertz CT molecular complexity index is 400. The first kappa shape index (κ1) is 11.9. The Hall–Kier alpha value is -1.58. The number of carboxylic acids is 1. The van der Waals surface area contributed by atoms with Crippen molar-refractivity contribution in [1.29, 1.82) is 0 Å². The van der Waals surface area contributed by atoms with Crippen LogP contribution in [0, 0.1) is 0 Å². The second kappa shape index (κ2) is 5.17. The zero-order valence-electron chi connectivity index (χ0n) is 10.1. The average molecular weight is 234 g/mol. The van der Waals surface area contributed by atoms with Crippen molar-refractivity contribution in [2.45, 2.75) is 38.6 Å². The zero-order valence-corrected chi connectivity index (χ0v) is 10.1. The normalized spacial score (nSPS) is 16.1. The van der Waals surface area contributed by atoms with Crippen LogP contribution in [0.5, 0.6) is 0 Å². The Kier molecular flexibility index (Phi) is 3.61. The number of anilines is 1. The molecule has 0 radical (unpaired) electrons. The molecule has 1 heterocycles. The van der Waals surface area contributed by atoms with Crippen LogP contribution < -0.4 is 4.90 Å². The van der Waals surface area contributed by atoms with Crippen molar-refractivity contribution in [3.8, 4) is 0 Å². The van der Waals surface area contributed by atoms with E-state index >= 15 is 0 Å². The van der Waals surface area contributed by atoms with Crippen molar-refractivity contribution >= 4 is 11.8 Å². The molecule has 0 atom stereocenters. The largest absolute Gasteiger partial charge is 0.478 e. The molecule has 2 rings (SSSR count). The summed E-state index contributed by atoms with van der Waals surface area (Å²) in [6, 6.07) is 3.73. The van der Waals surface area contributed by atoms with Crippen molar-refractivity contribution in [3.05, 3.63) is 23.9 Å². The molecule has 4 heteroatoms. The Morgan fingerprint density at radius 2 is 2.24 bits per heavy atom. The summed E-state index contributed by atoms with van der Waals surface area (Å²) in [5, 5.41) is 8.98. The minimum absolute atomic E-state index is 0.312. The second-order valence-electron chi connectivity index (χ2n) is 4.43. The van der Waals surface area contributed by atoms with E-state index in [2.05, 4.69) is 16.8 Å². The van der Waals surface area contributed by atoms with Gasteiger partial charge in [-0.3, -0.25) is 0 Å². The topological polar surface area (TPSA) is 53.4 Å². The maximum absolute atomic E-state index is 10.9. The van der Waals surface area contributed by atoms with Gasteiger partial charge in [0, 0.05) is 18.8 Å². The van der Waals surface area contributed by atoms with Gasteiger partial charge in [0.2, 0.25) is 0 Å². The van der Waals surface area contributed by atoms with Crippen molar-refractivity contribution in [2.24, 2.45) is 0 Å². The van der Waals surface area contributed by atoms with Crippen LogP contribution in [-0.4, -0.2) is 28.6 Å². The molecule has 0 aliphatic heterocycles. The van der Waals surface area contributed by atoms with Crippen molar-refractivity contribution in [2.75, 3.05) is 11.4 Å². The van der Waals surface area contributed by atoms with E-state index in [0.717, 1.165) is 12.4 Å². The molecule has 0 amide bonds. The Balaban J connectivity index is 2.23. The SMILES string of the molecule is CCN(c1cc(C(=O)O)ccn1)C1CCCC1. The first-order valence-corrected chi connectivity index (χ1v) is 6.18. The third-order valence-electron chi connectivity index (χ3n) is 3.39. The monoisotopic (exact) mass is 234 g/mol. The van der Waals surface area contributed by atoms with Gasteiger partial charge in [0.1, 0.15) is 5.82 Å². The number of rotatable bonds is 4. The highest BCUT2D eigenvalue weighted by Gasteiger charge is 2.22. The summed E-state index contributed by atoms with van der Waals surface area (Å²) in [6.45, 7) is 2.97. The highest BCUT2D eigenvalue weighted by Crippen LogP contribution is 2.27. The Morgan fingerprint density at radius 3 is 2.82 bits per heavy atom. The predicted octanol–water partition coefficient (Wildman–Crippen LogP) is 2.55. The van der Waals surface area contributed by atoms with E-state index in [9.17, 15) is 4.79 Å². The minimum atomic E-state index is -0.892. The summed E-state index contributed by atoms with van der Waals surface area (Å²) in [4.78, 5) is 17.5. The smallest absolute Gasteiger partial charge is 0.335 e. The second-order valence-corrected chi connectivity index (χ2v) is 4.43. The van der Waals surface area contributed by atoms with Gasteiger partial charge in [-0.2, -0.15) is 0 Å². The lowest BCUT2D eigenvalue weighted by atomic mass is 10.2. The maximum Gasteiger partial charge on any atom is 0.335 e. The van der Waals surface area contributed by atoms with Crippen LogP contribution in [0.4, 0.5) is 5.82 Å². The molecule has 4 nitrogen and oxygen atoms in total. The highest BCUT2D eigenvalue weighted by atomic mass is 16.4. The van der Waals surface area contributed by atoms with Crippen molar-refractivity contribution < 1.29 is 9.90 Å². The molecule has 1 aliphatic rings. The zero-order chi connectivity index (χ0) is 12.3. The molecule has 1 aliphatic carbocycles. The lowest BCUT2D eigenvalue weighted by Crippen LogP contribution is -2.33. The van der Waals surface area contributed by atoms with Gasteiger partial charge in [0.15, 0.2) is 0 Å². The number of hydrogen-bond donors (Lipinski definition) is 1. The summed E-state index contributed by atoms with van der Waals surface area (Å²) in [5.41, 5.74) is 0.312. The number of carboxylic acid groups (broad SMARTS) is 1. The fraction of sp³-hybridized carbons (Fsp3) is 0.538. The number of aromatic nitrogens is 1. The summed E-state index contributed by atoms with van der Waals surface area (Å²) >= 11 is 0. The lowest BCUT2D eigenvalue weighted by Gasteiger charge is -2.28. The maximum atomic E-state index is 10.9. The molecule has 0 spiro atoms. The standard InChI is InChI=1S/C13H18N2O2/c1-2-15(11-5-3-4-6-11)12-9-10(13(16)17)7-8-14-12/h7-9,11H,2-6H2,1H3,(H,16,17). The molecule has 17 heavy (non-hydrogen) atoms. The first-order valence-electron chi connectivity index (χ1n) is 6.18. The van der Waals surface area contributed by atoms with Crippen LogP contribution in [0.1, 0.15) is 43.0 Å². The molecule has 0 bridgehead atoms. The minimum Gasteiger partial charge on any atom is -0.478 e. The molecule has 1 fully saturated rings. The van der Waals surface area contributed by atoms with Gasteiger partial charge in [0.25, 0.3) is 0 Å². The van der Waals surface area contributed by atoms with Crippen LogP contribution >= 0.6 is 0 Å². The molecule has 1 saturated carbocycles. The predicted molar refractivity (Wildman–Crippen MR) is 66.5 cm³/mol. The van der Waals surface area contributed by atoms with Gasteiger partial charge >= 0.3 is 5.97 Å². The van der Waals surface area contributed by atoms with E-state index in [1.807, 2.05) is 0 Å². The highest BCUT2D eigenvalue weighted by molar-refractivity contribution is 5.88. The molecular formula is C13H18N2O2. The Morgan fingerprint density at radius 1 is 1.53 bits per heavy atom. The summed E-state index contributed by atoms with van der Waals surface area (Å²) < 4.78 is 0. The number of pyridine rings is 1. The van der Waals surface area contributed by atoms with E-state index < -0.39 is 5.97 Å². The van der Waals surface area contributed by atoms with E-state index in [4.69, 9.17) is 5.11 Å². The third kappa shape index (κ3) is 2.57. The Labute approximate surface area is 101 Å². The van der Waals surface area contributed by atoms with E-state index in [1.165, 1.54) is 31.7 Å². The molecule has 0 unspecified atom stereocenters. The van der Waals surface area contributed by atoms with Gasteiger partial charge in [-0.05, 0) is 31.9 Å². The van der Waals surface area contributed by atoms with E-state index in [0.29, 0.717) is 11.6 Å². The molecule has 1 aromatic heterocycles. The average Bonchev–Trinajstić information content (AvgIpc) is 2.84. The van der Waals surface area contributed by atoms with Crippen LogP contribution in [0.3, 0.4) is 0 Å². The molecular weight excluding hydrogens is 216 g/mol. The van der Waals surface area contributed by atoms with Crippen molar-refractivity contribution in [1.82, 2.24) is 4.98 Å². The van der Waals surface area contributed by atoms with E-state index in [-0.39, 0.29) is 0 Å². The van der Waals surface area contributed by atoms with Crippen LogP contribution in [0.25, 0.3) is 0 Å². The molecule has 1 N–H and O–H groups in total. The quantitative estimate of drug-likeness (QED) is 0.869. The third-order valence-corrected chi connectivity index (χ3v) is 3.39. The number of aromatic carboxylic acids is 1. The lowest BCUT2D eigenvalue weighted by molar-refractivity contribution is 0.0697. The summed E-state index contributed by atoms with van der Waals surface area (Å²) in [5.74, 6) is -0.101. The van der Waals surface area contributed by atoms with Gasteiger partial charge < -0.3 is 10.0 Å². The first-order chi connectivity index (χ1) is 8.22. The van der Waals surface area contributed by atoms with E-state index in [1.54, 1.807) is 12.3 Å². The molecule has 0 saturated heterocycles. The molecule has 92 valence electrons. The van der Waals surface area contributed by atoms with Gasteiger partial charge in [-0.25, -0.2) is 9.78 Å². The summed E-state index contributed by atoms with van der Waals surface area (Å²) in [7, 11) is 0. The summed E-state index contributed by atoms with van der Waals surface area (Å²) in [6.07, 6.45) is 6.48. The molecule has 0 aromatic carbocycles. The number of hydrogen-bond acceptors (Lipinski definition) is 3. The number of carbonyl (C=O) groups is 1. The van der Waals surface area contributed by atoms with Gasteiger partial charge in [0.05, 0.1) is 5.56 Å². The van der Waals surface area contributed by atoms with Gasteiger partial charge in [-0.1, -0.05) is 12.8 Å². The fourth-order valence-corrected chi connectivity index (χ4v) is 2.53. The van der Waals surface area contributed by atoms with Crippen molar-refractivity contribution in [3.63, 3.8) is 0 Å². The van der Waals surface area contributed by atoms with Gasteiger partial charge in [-0.15, -0.1) is 0 Å². The van der Waals surface area contributed by atoms with Crippen LogP contribution in [-0.2, 0) is 0 Å². The fourth-order valence-electron chi connectivity index (χ4n) is 2.53. The molecule has 1 aromatic rings. The number of nitrogens with zero attached hydrogens (tertiary/aromatic N) is 2.